The van der Waals surface area contributed by atoms with Crippen LogP contribution in [-0.4, -0.2) is 15.1 Å². The molecule has 0 atom stereocenters. The van der Waals surface area contributed by atoms with Gasteiger partial charge in [-0.05, 0) is 19.1 Å². The van der Waals surface area contributed by atoms with Gasteiger partial charge < -0.3 is 15.6 Å². The van der Waals surface area contributed by atoms with Gasteiger partial charge in [0, 0.05) is 6.92 Å². The van der Waals surface area contributed by atoms with Gasteiger partial charge in [-0.1, -0.05) is 5.16 Å². The summed E-state index contributed by atoms with van der Waals surface area (Å²) >= 11 is 0. The fraction of sp³-hybridized carbons (Fsp3) is 0.300. The van der Waals surface area contributed by atoms with Crippen LogP contribution in [0.25, 0.3) is 0 Å². The van der Waals surface area contributed by atoms with E-state index in [0.29, 0.717) is 23.9 Å². The van der Waals surface area contributed by atoms with Crippen LogP contribution in [0.1, 0.15) is 17.4 Å². The molecule has 6 nitrogen and oxygen atoms in total. The van der Waals surface area contributed by atoms with E-state index in [1.54, 1.807) is 6.92 Å². The Morgan fingerprint density at radius 2 is 2.12 bits per heavy atom. The lowest BCUT2D eigenvalue weighted by atomic mass is 10.3. The van der Waals surface area contributed by atoms with Crippen LogP contribution in [-0.2, 0) is 6.54 Å². The van der Waals surface area contributed by atoms with Crippen LogP contribution in [0.15, 0.2) is 16.7 Å². The van der Waals surface area contributed by atoms with Crippen molar-refractivity contribution in [2.24, 2.45) is 0 Å². The molecule has 0 bridgehead atoms. The number of nitrogens with one attached hydrogen (secondary N) is 1. The molecule has 2 aromatic heterocycles. The summed E-state index contributed by atoms with van der Waals surface area (Å²) in [6.45, 7) is 4.09. The number of anilines is 2. The first-order chi connectivity index (χ1) is 7.65. The summed E-state index contributed by atoms with van der Waals surface area (Å²) in [7, 11) is 0. The van der Waals surface area contributed by atoms with Gasteiger partial charge in [-0.3, -0.25) is 0 Å². The van der Waals surface area contributed by atoms with Gasteiger partial charge in [-0.25, -0.2) is 4.98 Å². The Hall–Kier alpha value is -2.11. The zero-order chi connectivity index (χ0) is 11.5. The highest BCUT2D eigenvalue weighted by Crippen LogP contribution is 2.12. The molecule has 6 heteroatoms. The van der Waals surface area contributed by atoms with Crippen molar-refractivity contribution in [3.8, 4) is 0 Å². The molecule has 0 spiro atoms. The summed E-state index contributed by atoms with van der Waals surface area (Å²) in [6.07, 6.45) is 0. The largest absolute Gasteiger partial charge is 0.397 e. The van der Waals surface area contributed by atoms with Gasteiger partial charge in [0.2, 0.25) is 5.89 Å². The molecule has 2 rings (SSSR count). The molecule has 0 aliphatic rings. The van der Waals surface area contributed by atoms with Crippen LogP contribution in [0.5, 0.6) is 0 Å². The first kappa shape index (κ1) is 10.4. The second kappa shape index (κ2) is 4.18. The lowest BCUT2D eigenvalue weighted by molar-refractivity contribution is 0.388. The molecule has 2 heterocycles. The van der Waals surface area contributed by atoms with E-state index < -0.39 is 0 Å². The first-order valence-corrected chi connectivity index (χ1v) is 4.91. The summed E-state index contributed by atoms with van der Waals surface area (Å²) in [5.74, 6) is 1.90. The van der Waals surface area contributed by atoms with Crippen molar-refractivity contribution in [3.63, 3.8) is 0 Å². The van der Waals surface area contributed by atoms with Gasteiger partial charge in [-0.15, -0.1) is 0 Å². The number of rotatable bonds is 3. The van der Waals surface area contributed by atoms with Crippen molar-refractivity contribution >= 4 is 11.5 Å². The van der Waals surface area contributed by atoms with Gasteiger partial charge in [0.05, 0.1) is 17.9 Å². The Kier molecular flexibility index (Phi) is 2.72. The Morgan fingerprint density at radius 1 is 1.31 bits per heavy atom. The van der Waals surface area contributed by atoms with Gasteiger partial charge in [0.1, 0.15) is 5.82 Å². The van der Waals surface area contributed by atoms with Crippen molar-refractivity contribution in [2.75, 3.05) is 11.1 Å². The highest BCUT2D eigenvalue weighted by molar-refractivity contribution is 5.48. The average Bonchev–Trinajstić information content (AvgIpc) is 2.66. The molecule has 0 radical (unpaired) electrons. The molecule has 0 saturated carbocycles. The van der Waals surface area contributed by atoms with Crippen LogP contribution in [0, 0.1) is 13.8 Å². The molecule has 0 saturated heterocycles. The standard InChI is InChI=1S/C10H13N5O/c1-6-8(11)3-4-9(13-6)12-5-10-14-7(2)16-15-10/h3-4H,5,11H2,1-2H3,(H,12,13). The molecule has 2 aromatic rings. The van der Waals surface area contributed by atoms with Crippen LogP contribution in [0.4, 0.5) is 11.5 Å². The third kappa shape index (κ3) is 2.28. The summed E-state index contributed by atoms with van der Waals surface area (Å²) in [5.41, 5.74) is 7.15. The Balaban J connectivity index is 2.02. The van der Waals surface area contributed by atoms with Gasteiger partial charge in [0.25, 0.3) is 0 Å². The van der Waals surface area contributed by atoms with Crippen LogP contribution in [0.3, 0.4) is 0 Å². The molecule has 0 amide bonds. The van der Waals surface area contributed by atoms with Gasteiger partial charge >= 0.3 is 0 Å². The predicted octanol–water partition coefficient (Wildman–Crippen LogP) is 1.28. The number of pyridine rings is 1. The number of aryl methyl sites for hydroxylation is 2. The molecular weight excluding hydrogens is 206 g/mol. The minimum atomic E-state index is 0.480. The lowest BCUT2D eigenvalue weighted by Crippen LogP contribution is -2.04. The number of aromatic nitrogens is 3. The summed E-state index contributed by atoms with van der Waals surface area (Å²) in [4.78, 5) is 8.35. The summed E-state index contributed by atoms with van der Waals surface area (Å²) in [6, 6.07) is 3.63. The maximum absolute atomic E-state index is 5.67. The van der Waals surface area contributed by atoms with E-state index >= 15 is 0 Å². The molecule has 3 N–H and O–H groups in total. The topological polar surface area (TPSA) is 89.9 Å². The van der Waals surface area contributed by atoms with E-state index in [-0.39, 0.29) is 0 Å². The number of nitrogens with zero attached hydrogens (tertiary/aromatic N) is 3. The Labute approximate surface area is 92.9 Å². The molecular formula is C10H13N5O. The fourth-order valence-electron chi connectivity index (χ4n) is 1.25. The maximum Gasteiger partial charge on any atom is 0.223 e. The molecule has 16 heavy (non-hydrogen) atoms. The third-order valence-electron chi connectivity index (χ3n) is 2.12. The number of hydrogen-bond acceptors (Lipinski definition) is 6. The van der Waals surface area contributed by atoms with Gasteiger partial charge in [-0.2, -0.15) is 4.98 Å². The van der Waals surface area contributed by atoms with Crippen LogP contribution < -0.4 is 11.1 Å². The summed E-state index contributed by atoms with van der Waals surface area (Å²) < 4.78 is 4.85. The number of nitrogen functional groups attached to an aromatic ring is 1. The number of hydrogen-bond donors (Lipinski definition) is 2. The quantitative estimate of drug-likeness (QED) is 0.808. The highest BCUT2D eigenvalue weighted by Gasteiger charge is 2.03. The minimum absolute atomic E-state index is 0.480. The van der Waals surface area contributed by atoms with E-state index in [9.17, 15) is 0 Å². The molecule has 0 aliphatic carbocycles. The Morgan fingerprint density at radius 3 is 2.75 bits per heavy atom. The van der Waals surface area contributed by atoms with Crippen molar-refractivity contribution in [3.05, 3.63) is 29.5 Å². The molecule has 84 valence electrons. The van der Waals surface area contributed by atoms with E-state index in [4.69, 9.17) is 10.3 Å². The average molecular weight is 219 g/mol. The predicted molar refractivity (Wildman–Crippen MR) is 59.7 cm³/mol. The molecule has 0 aliphatic heterocycles. The van der Waals surface area contributed by atoms with E-state index in [1.165, 1.54) is 0 Å². The zero-order valence-electron chi connectivity index (χ0n) is 9.19. The van der Waals surface area contributed by atoms with Crippen LogP contribution in [0.2, 0.25) is 0 Å². The zero-order valence-corrected chi connectivity index (χ0v) is 9.19. The molecule has 0 aromatic carbocycles. The lowest BCUT2D eigenvalue weighted by Gasteiger charge is -2.04. The summed E-state index contributed by atoms with van der Waals surface area (Å²) in [5, 5.41) is 6.86. The van der Waals surface area contributed by atoms with E-state index in [1.807, 2.05) is 19.1 Å². The Bertz CT molecular complexity index is 494. The molecule has 0 fully saturated rings. The second-order valence-corrected chi connectivity index (χ2v) is 3.45. The van der Waals surface area contributed by atoms with Crippen molar-refractivity contribution < 1.29 is 4.52 Å². The highest BCUT2D eigenvalue weighted by atomic mass is 16.5. The second-order valence-electron chi connectivity index (χ2n) is 3.45. The van der Waals surface area contributed by atoms with Gasteiger partial charge in [0.15, 0.2) is 5.82 Å². The number of nitrogens with two attached hydrogens (primary N) is 1. The van der Waals surface area contributed by atoms with E-state index in [0.717, 1.165) is 11.5 Å². The van der Waals surface area contributed by atoms with Crippen molar-refractivity contribution in [2.45, 2.75) is 20.4 Å². The smallest absolute Gasteiger partial charge is 0.223 e. The van der Waals surface area contributed by atoms with E-state index in [2.05, 4.69) is 20.4 Å². The van der Waals surface area contributed by atoms with Crippen molar-refractivity contribution in [1.29, 1.82) is 0 Å². The monoisotopic (exact) mass is 219 g/mol. The maximum atomic E-state index is 5.67. The fourth-order valence-corrected chi connectivity index (χ4v) is 1.25. The molecule has 0 unspecified atom stereocenters. The van der Waals surface area contributed by atoms with Crippen molar-refractivity contribution in [1.82, 2.24) is 15.1 Å². The third-order valence-corrected chi connectivity index (χ3v) is 2.12. The normalized spacial score (nSPS) is 10.4. The minimum Gasteiger partial charge on any atom is -0.397 e. The first-order valence-electron chi connectivity index (χ1n) is 4.91. The van der Waals surface area contributed by atoms with Crippen LogP contribution >= 0.6 is 0 Å². The SMILES string of the molecule is Cc1nc(CNc2ccc(N)c(C)n2)no1.